The number of furan rings is 1. The molecule has 0 N–H and O–H groups in total. The molecular formula is C43H27N3O. The van der Waals surface area contributed by atoms with E-state index in [0.29, 0.717) is 5.56 Å². The molecule has 4 heteroatoms. The van der Waals surface area contributed by atoms with Gasteiger partial charge >= 0.3 is 0 Å². The van der Waals surface area contributed by atoms with Crippen LogP contribution in [-0.2, 0) is 0 Å². The highest BCUT2D eigenvalue weighted by Gasteiger charge is 2.44. The molecule has 2 unspecified atom stereocenters. The Balaban J connectivity index is 1.23. The van der Waals surface area contributed by atoms with Gasteiger partial charge in [-0.3, -0.25) is 0 Å². The number of aromatic nitrogens is 1. The Labute approximate surface area is 271 Å². The zero-order valence-corrected chi connectivity index (χ0v) is 25.3. The van der Waals surface area contributed by atoms with Gasteiger partial charge in [-0.05, 0) is 71.8 Å². The highest BCUT2D eigenvalue weighted by molar-refractivity contribution is 6.09. The number of benzene rings is 6. The summed E-state index contributed by atoms with van der Waals surface area (Å²) < 4.78 is 9.02. The number of nitrogens with zero attached hydrogens (tertiary/aromatic N) is 3. The molecule has 2 aromatic heterocycles. The highest BCUT2D eigenvalue weighted by Crippen LogP contribution is 2.54. The van der Waals surface area contributed by atoms with Gasteiger partial charge in [-0.15, -0.1) is 0 Å². The molecule has 1 aliphatic carbocycles. The smallest absolute Gasteiger partial charge is 0.134 e. The Morgan fingerprint density at radius 1 is 0.638 bits per heavy atom. The number of para-hydroxylation sites is 4. The predicted molar refractivity (Wildman–Crippen MR) is 190 cm³/mol. The van der Waals surface area contributed by atoms with Gasteiger partial charge in [0, 0.05) is 38.7 Å². The minimum absolute atomic E-state index is 0.00777. The molecule has 1 aliphatic heterocycles. The molecule has 0 radical (unpaired) electrons. The maximum Gasteiger partial charge on any atom is 0.134 e. The Kier molecular flexibility index (Phi) is 5.44. The number of hydrogen-bond donors (Lipinski definition) is 0. The second-order valence-electron chi connectivity index (χ2n) is 12.4. The topological polar surface area (TPSA) is 45.1 Å². The first-order valence-electron chi connectivity index (χ1n) is 16.0. The fourth-order valence-corrected chi connectivity index (χ4v) is 7.97. The quantitative estimate of drug-likeness (QED) is 0.202. The molecule has 0 spiro atoms. The average molecular weight is 602 g/mol. The van der Waals surface area contributed by atoms with Gasteiger partial charge in [0.25, 0.3) is 0 Å². The molecule has 47 heavy (non-hydrogen) atoms. The largest absolute Gasteiger partial charge is 0.460 e. The summed E-state index contributed by atoms with van der Waals surface area (Å²) in [7, 11) is 0. The van der Waals surface area contributed by atoms with Crippen molar-refractivity contribution in [2.45, 2.75) is 12.0 Å². The predicted octanol–water partition coefficient (Wildman–Crippen LogP) is 10.7. The van der Waals surface area contributed by atoms with Gasteiger partial charge in [0.2, 0.25) is 0 Å². The first-order valence-corrected chi connectivity index (χ1v) is 16.0. The van der Waals surface area contributed by atoms with E-state index < -0.39 is 0 Å². The Morgan fingerprint density at radius 2 is 1.32 bits per heavy atom. The molecule has 4 nitrogen and oxygen atoms in total. The van der Waals surface area contributed by atoms with E-state index in [-0.39, 0.29) is 12.0 Å². The summed E-state index contributed by atoms with van der Waals surface area (Å²) >= 11 is 0. The van der Waals surface area contributed by atoms with Gasteiger partial charge in [0.15, 0.2) is 0 Å². The molecular weight excluding hydrogens is 574 g/mol. The first kappa shape index (κ1) is 26.0. The maximum absolute atomic E-state index is 10.0. The fraction of sp³-hybridized carbons (Fsp3) is 0.0465. The first-order chi connectivity index (χ1) is 23.3. The van der Waals surface area contributed by atoms with Crippen molar-refractivity contribution in [3.05, 3.63) is 168 Å². The lowest BCUT2D eigenvalue weighted by molar-refractivity contribution is 0.505. The van der Waals surface area contributed by atoms with Crippen LogP contribution in [0.4, 0.5) is 11.4 Å². The van der Waals surface area contributed by atoms with Gasteiger partial charge in [-0.25, -0.2) is 0 Å². The molecule has 0 amide bonds. The van der Waals surface area contributed by atoms with E-state index in [1.807, 2.05) is 18.2 Å². The summed E-state index contributed by atoms with van der Waals surface area (Å²) in [6.45, 7) is 0. The van der Waals surface area contributed by atoms with Gasteiger partial charge in [0.05, 0.1) is 40.3 Å². The molecule has 2 atom stereocenters. The summed E-state index contributed by atoms with van der Waals surface area (Å²) in [5.41, 5.74) is 11.6. The van der Waals surface area contributed by atoms with Crippen LogP contribution in [0.2, 0.25) is 0 Å². The normalized spacial score (nSPS) is 16.4. The van der Waals surface area contributed by atoms with Gasteiger partial charge < -0.3 is 13.9 Å². The molecule has 0 bridgehead atoms. The third kappa shape index (κ3) is 3.69. The van der Waals surface area contributed by atoms with Crippen molar-refractivity contribution in [2.24, 2.45) is 0 Å². The van der Waals surface area contributed by atoms with Crippen LogP contribution >= 0.6 is 0 Å². The number of anilines is 2. The average Bonchev–Trinajstić information content (AvgIpc) is 3.79. The minimum Gasteiger partial charge on any atom is -0.460 e. The molecule has 3 heterocycles. The third-order valence-corrected chi connectivity index (χ3v) is 9.96. The van der Waals surface area contributed by atoms with E-state index in [1.165, 1.54) is 22.0 Å². The van der Waals surface area contributed by atoms with Crippen LogP contribution in [-0.4, -0.2) is 10.6 Å². The molecule has 6 aromatic carbocycles. The van der Waals surface area contributed by atoms with Crippen molar-refractivity contribution in [1.82, 2.24) is 4.57 Å². The summed E-state index contributed by atoms with van der Waals surface area (Å²) in [5, 5.41) is 13.6. The zero-order valence-electron chi connectivity index (χ0n) is 25.3. The van der Waals surface area contributed by atoms with Crippen LogP contribution in [0.15, 0.2) is 150 Å². The number of fused-ring (bicyclic) bond motifs is 10. The number of hydrogen-bond acceptors (Lipinski definition) is 3. The van der Waals surface area contributed by atoms with Crippen molar-refractivity contribution in [3.8, 4) is 22.9 Å². The number of rotatable bonds is 3. The zero-order chi connectivity index (χ0) is 31.1. The van der Waals surface area contributed by atoms with Crippen molar-refractivity contribution in [2.75, 3.05) is 4.90 Å². The Bertz CT molecular complexity index is 2560. The van der Waals surface area contributed by atoms with Crippen LogP contribution in [0.1, 0.15) is 28.4 Å². The molecule has 0 saturated heterocycles. The second-order valence-corrected chi connectivity index (χ2v) is 12.4. The highest BCUT2D eigenvalue weighted by atomic mass is 16.3. The fourth-order valence-electron chi connectivity index (χ4n) is 7.97. The SMILES string of the molecule is N#Cc1ccc(-n2c3ccccc3c3ccccc32)c(-c2ccc3c(c2)C2c4oc5ccccc5c4C=CC2N3c2ccccc2)c1. The van der Waals surface area contributed by atoms with Crippen molar-refractivity contribution < 1.29 is 4.42 Å². The van der Waals surface area contributed by atoms with Gasteiger partial charge in [-0.1, -0.05) is 91.0 Å². The molecule has 8 aromatic rings. The summed E-state index contributed by atoms with van der Waals surface area (Å²) in [6, 6.07) is 51.4. The maximum atomic E-state index is 10.0. The summed E-state index contributed by atoms with van der Waals surface area (Å²) in [4.78, 5) is 2.44. The van der Waals surface area contributed by atoms with Crippen LogP contribution in [0.25, 0.3) is 55.7 Å². The van der Waals surface area contributed by atoms with Crippen LogP contribution in [0.5, 0.6) is 0 Å². The Morgan fingerprint density at radius 3 is 2.09 bits per heavy atom. The Hall–Kier alpha value is -6.31. The van der Waals surface area contributed by atoms with Gasteiger partial charge in [0.1, 0.15) is 11.3 Å². The third-order valence-electron chi connectivity index (χ3n) is 9.96. The van der Waals surface area contributed by atoms with Crippen molar-refractivity contribution in [1.29, 1.82) is 5.26 Å². The number of nitriles is 1. The second kappa shape index (κ2) is 9.84. The molecule has 2 aliphatic rings. The monoisotopic (exact) mass is 601 g/mol. The summed E-state index contributed by atoms with van der Waals surface area (Å²) in [6.07, 6.45) is 4.57. The molecule has 0 fully saturated rings. The van der Waals surface area contributed by atoms with E-state index in [9.17, 15) is 5.26 Å². The molecule has 0 saturated carbocycles. The summed E-state index contributed by atoms with van der Waals surface area (Å²) in [5.74, 6) is 1.01. The van der Waals surface area contributed by atoms with Crippen LogP contribution in [0, 0.1) is 11.3 Å². The standard InChI is InChI=1S/C43H27N3O/c44-26-27-18-21-38(46-36-15-7-4-12-30(36)31-13-5-8-16-37(31)46)34(24-27)28-19-22-39-35(25-28)42-40(45(39)29-10-2-1-3-11-29)23-20-33-32-14-6-9-17-41(32)47-43(33)42/h1-25,40,42H. The van der Waals surface area contributed by atoms with Crippen molar-refractivity contribution >= 4 is 50.2 Å². The molecule has 10 rings (SSSR count). The van der Waals surface area contributed by atoms with E-state index in [2.05, 4.69) is 149 Å². The minimum atomic E-state index is 0.00777. The van der Waals surface area contributed by atoms with Crippen molar-refractivity contribution in [3.63, 3.8) is 0 Å². The van der Waals surface area contributed by atoms with E-state index in [0.717, 1.165) is 55.8 Å². The lowest BCUT2D eigenvalue weighted by Crippen LogP contribution is -2.30. The lowest BCUT2D eigenvalue weighted by atomic mass is 9.84. The van der Waals surface area contributed by atoms with Crippen LogP contribution < -0.4 is 4.90 Å². The lowest BCUT2D eigenvalue weighted by Gasteiger charge is -2.29. The van der Waals surface area contributed by atoms with E-state index in [4.69, 9.17) is 4.42 Å². The van der Waals surface area contributed by atoms with Gasteiger partial charge in [-0.2, -0.15) is 5.26 Å². The van der Waals surface area contributed by atoms with E-state index in [1.54, 1.807) is 0 Å². The van der Waals surface area contributed by atoms with Crippen LogP contribution in [0.3, 0.4) is 0 Å². The van der Waals surface area contributed by atoms with E-state index >= 15 is 0 Å². The molecule has 220 valence electrons.